The summed E-state index contributed by atoms with van der Waals surface area (Å²) in [7, 11) is 0. The summed E-state index contributed by atoms with van der Waals surface area (Å²) in [6, 6.07) is 5.97. The minimum atomic E-state index is -2.86. The Balaban J connectivity index is 1.80. The molecule has 21 heavy (non-hydrogen) atoms. The van der Waals surface area contributed by atoms with Gasteiger partial charge in [0.05, 0.1) is 0 Å². The van der Waals surface area contributed by atoms with Crippen molar-refractivity contribution in [1.82, 2.24) is 5.32 Å². The van der Waals surface area contributed by atoms with Crippen LogP contribution in [0.2, 0.25) is 0 Å². The zero-order valence-electron chi connectivity index (χ0n) is 11.7. The van der Waals surface area contributed by atoms with Crippen molar-refractivity contribution in [2.75, 3.05) is 6.54 Å². The number of halogens is 2. The quantitative estimate of drug-likeness (QED) is 0.878. The summed E-state index contributed by atoms with van der Waals surface area (Å²) >= 11 is 0. The molecule has 0 bridgehead atoms. The molecule has 0 atom stereocenters. The van der Waals surface area contributed by atoms with Crippen LogP contribution < -0.4 is 15.8 Å². The van der Waals surface area contributed by atoms with Crippen molar-refractivity contribution >= 4 is 5.91 Å². The van der Waals surface area contributed by atoms with Crippen molar-refractivity contribution < 1.29 is 18.3 Å². The van der Waals surface area contributed by atoms with Crippen molar-refractivity contribution in [2.24, 2.45) is 11.7 Å². The molecule has 116 valence electrons. The number of benzene rings is 1. The van der Waals surface area contributed by atoms with E-state index in [0.717, 1.165) is 25.7 Å². The third-order valence-electron chi connectivity index (χ3n) is 3.78. The average molecular weight is 298 g/mol. The van der Waals surface area contributed by atoms with E-state index in [1.165, 1.54) is 24.3 Å². The van der Waals surface area contributed by atoms with Crippen molar-refractivity contribution in [3.8, 4) is 5.75 Å². The van der Waals surface area contributed by atoms with Gasteiger partial charge in [-0.15, -0.1) is 0 Å². The van der Waals surface area contributed by atoms with Gasteiger partial charge in [0.25, 0.3) is 5.91 Å². The molecule has 6 heteroatoms. The highest BCUT2D eigenvalue weighted by atomic mass is 19.3. The summed E-state index contributed by atoms with van der Waals surface area (Å²) in [5.74, 6) is 0.312. The van der Waals surface area contributed by atoms with E-state index in [9.17, 15) is 13.6 Å². The van der Waals surface area contributed by atoms with Gasteiger partial charge in [0, 0.05) is 18.2 Å². The number of nitrogens with two attached hydrogens (primary N) is 1. The molecule has 2 rings (SSSR count). The summed E-state index contributed by atoms with van der Waals surface area (Å²) in [4.78, 5) is 12.0. The molecular weight excluding hydrogens is 278 g/mol. The summed E-state index contributed by atoms with van der Waals surface area (Å²) < 4.78 is 28.3. The number of alkyl halides is 2. The first-order valence-corrected chi connectivity index (χ1v) is 7.13. The second-order valence-corrected chi connectivity index (χ2v) is 5.39. The molecule has 0 aliphatic heterocycles. The molecule has 1 aliphatic carbocycles. The summed E-state index contributed by atoms with van der Waals surface area (Å²) in [6.45, 7) is -2.23. The molecule has 0 spiro atoms. The second-order valence-electron chi connectivity index (χ2n) is 5.39. The molecule has 3 N–H and O–H groups in total. The predicted octanol–water partition coefficient (Wildman–Crippen LogP) is 2.54. The fourth-order valence-electron chi connectivity index (χ4n) is 2.52. The van der Waals surface area contributed by atoms with Crippen LogP contribution in [0.5, 0.6) is 5.75 Å². The van der Waals surface area contributed by atoms with Crippen molar-refractivity contribution in [3.63, 3.8) is 0 Å². The first-order chi connectivity index (χ1) is 10.0. The summed E-state index contributed by atoms with van der Waals surface area (Å²) in [5.41, 5.74) is 6.27. The Morgan fingerprint density at radius 1 is 1.24 bits per heavy atom. The molecule has 1 aromatic carbocycles. The topological polar surface area (TPSA) is 64.3 Å². The van der Waals surface area contributed by atoms with Crippen LogP contribution in [-0.2, 0) is 0 Å². The lowest BCUT2D eigenvalue weighted by Gasteiger charge is -2.26. The van der Waals surface area contributed by atoms with Crippen LogP contribution in [0.3, 0.4) is 0 Å². The van der Waals surface area contributed by atoms with Crippen molar-refractivity contribution in [2.45, 2.75) is 38.3 Å². The van der Waals surface area contributed by atoms with Crippen LogP contribution in [0.15, 0.2) is 24.3 Å². The maximum absolute atomic E-state index is 12.0. The standard InChI is InChI=1S/C15H20F2N2O2/c16-15(17)21-13-7-3-11(4-8-13)14(20)19-9-10-1-5-12(18)6-2-10/h3-4,7-8,10,12,15H,1-2,5-6,9,18H2,(H,19,20). The van der Waals surface area contributed by atoms with Gasteiger partial charge in [0.15, 0.2) is 0 Å². The number of nitrogens with one attached hydrogen (secondary N) is 1. The van der Waals surface area contributed by atoms with Gasteiger partial charge in [-0.2, -0.15) is 8.78 Å². The molecule has 1 aliphatic rings. The van der Waals surface area contributed by atoms with Crippen LogP contribution in [0.1, 0.15) is 36.0 Å². The van der Waals surface area contributed by atoms with Gasteiger partial charge in [-0.25, -0.2) is 0 Å². The molecule has 1 saturated carbocycles. The zero-order chi connectivity index (χ0) is 15.2. The van der Waals surface area contributed by atoms with E-state index in [2.05, 4.69) is 10.1 Å². The Morgan fingerprint density at radius 2 is 1.86 bits per heavy atom. The maximum atomic E-state index is 12.0. The highest BCUT2D eigenvalue weighted by Gasteiger charge is 2.19. The molecule has 1 amide bonds. The minimum absolute atomic E-state index is 0.0443. The van der Waals surface area contributed by atoms with Crippen LogP contribution in [0, 0.1) is 5.92 Å². The van der Waals surface area contributed by atoms with Crippen LogP contribution in [-0.4, -0.2) is 25.1 Å². The second kappa shape index (κ2) is 7.36. The first-order valence-electron chi connectivity index (χ1n) is 7.13. The maximum Gasteiger partial charge on any atom is 0.387 e. The molecule has 1 aromatic rings. The Morgan fingerprint density at radius 3 is 2.43 bits per heavy atom. The number of rotatable bonds is 5. The lowest BCUT2D eigenvalue weighted by Crippen LogP contribution is -2.34. The van der Waals surface area contributed by atoms with Gasteiger partial charge >= 0.3 is 6.61 Å². The van der Waals surface area contributed by atoms with Crippen molar-refractivity contribution in [3.05, 3.63) is 29.8 Å². The van der Waals surface area contributed by atoms with Crippen LogP contribution in [0.4, 0.5) is 8.78 Å². The van der Waals surface area contributed by atoms with E-state index in [1.54, 1.807) is 0 Å². The monoisotopic (exact) mass is 298 g/mol. The third-order valence-corrected chi connectivity index (χ3v) is 3.78. The normalized spacial score (nSPS) is 22.1. The highest BCUT2D eigenvalue weighted by Crippen LogP contribution is 2.22. The van der Waals surface area contributed by atoms with Gasteiger partial charge in [-0.3, -0.25) is 4.79 Å². The van der Waals surface area contributed by atoms with E-state index >= 15 is 0 Å². The molecule has 4 nitrogen and oxygen atoms in total. The van der Waals surface area contributed by atoms with Gasteiger partial charge in [0.2, 0.25) is 0 Å². The Bertz CT molecular complexity index is 457. The molecule has 0 unspecified atom stereocenters. The fraction of sp³-hybridized carbons (Fsp3) is 0.533. The largest absolute Gasteiger partial charge is 0.435 e. The van der Waals surface area contributed by atoms with Crippen LogP contribution in [0.25, 0.3) is 0 Å². The Labute approximate surface area is 122 Å². The molecular formula is C15H20F2N2O2. The highest BCUT2D eigenvalue weighted by molar-refractivity contribution is 5.94. The van der Waals surface area contributed by atoms with E-state index < -0.39 is 6.61 Å². The van der Waals surface area contributed by atoms with Gasteiger partial charge in [0.1, 0.15) is 5.75 Å². The SMILES string of the molecule is NC1CCC(CNC(=O)c2ccc(OC(F)F)cc2)CC1. The van der Waals surface area contributed by atoms with E-state index in [4.69, 9.17) is 5.73 Å². The van der Waals surface area contributed by atoms with E-state index in [-0.39, 0.29) is 11.7 Å². The fourth-order valence-corrected chi connectivity index (χ4v) is 2.52. The van der Waals surface area contributed by atoms with Crippen LogP contribution >= 0.6 is 0 Å². The van der Waals surface area contributed by atoms with Gasteiger partial charge in [-0.1, -0.05) is 0 Å². The number of amides is 1. The number of carbonyl (C=O) groups is 1. The lowest BCUT2D eigenvalue weighted by atomic mass is 9.86. The Hall–Kier alpha value is -1.69. The smallest absolute Gasteiger partial charge is 0.387 e. The van der Waals surface area contributed by atoms with E-state index in [1.807, 2.05) is 0 Å². The number of hydrogen-bond acceptors (Lipinski definition) is 3. The molecule has 0 radical (unpaired) electrons. The predicted molar refractivity (Wildman–Crippen MR) is 75.3 cm³/mol. The van der Waals surface area contributed by atoms with Gasteiger partial charge < -0.3 is 15.8 Å². The third kappa shape index (κ3) is 4.97. The number of ether oxygens (including phenoxy) is 1. The summed E-state index contributed by atoms with van der Waals surface area (Å²) in [5, 5.41) is 2.88. The average Bonchev–Trinajstić information content (AvgIpc) is 2.46. The minimum Gasteiger partial charge on any atom is -0.435 e. The number of hydrogen-bond donors (Lipinski definition) is 2. The molecule has 1 fully saturated rings. The molecule has 0 saturated heterocycles. The van der Waals surface area contributed by atoms with Crippen molar-refractivity contribution in [1.29, 1.82) is 0 Å². The van der Waals surface area contributed by atoms with E-state index in [0.29, 0.717) is 24.1 Å². The Kier molecular flexibility index (Phi) is 5.50. The van der Waals surface area contributed by atoms with Gasteiger partial charge in [-0.05, 0) is 55.9 Å². The zero-order valence-corrected chi connectivity index (χ0v) is 11.7. The summed E-state index contributed by atoms with van der Waals surface area (Å²) in [6.07, 6.45) is 4.06. The molecule has 0 heterocycles. The molecule has 0 aromatic heterocycles. The number of carbonyl (C=O) groups excluding carboxylic acids is 1. The lowest BCUT2D eigenvalue weighted by molar-refractivity contribution is -0.0498. The first kappa shape index (κ1) is 15.7.